The highest BCUT2D eigenvalue weighted by Crippen LogP contribution is 2.28. The van der Waals surface area contributed by atoms with E-state index in [0.717, 1.165) is 16.7 Å². The van der Waals surface area contributed by atoms with Crippen molar-refractivity contribution in [2.75, 3.05) is 6.54 Å². The zero-order valence-corrected chi connectivity index (χ0v) is 16.1. The fourth-order valence-corrected chi connectivity index (χ4v) is 4.44. The second-order valence-corrected chi connectivity index (χ2v) is 7.96. The minimum Gasteiger partial charge on any atom is -0.261 e. The Morgan fingerprint density at radius 1 is 1.12 bits per heavy atom. The van der Waals surface area contributed by atoms with Crippen LogP contribution < -0.4 is 0 Å². The molecule has 0 radical (unpaired) electrons. The Kier molecular flexibility index (Phi) is 6.02. The van der Waals surface area contributed by atoms with E-state index in [1.807, 2.05) is 44.2 Å². The highest BCUT2D eigenvalue weighted by molar-refractivity contribution is 9.11. The average molecular weight is 406 g/mol. The first kappa shape index (κ1) is 18.5. The number of sulfonamides is 1. The maximum atomic E-state index is 13.2. The van der Waals surface area contributed by atoms with Gasteiger partial charge >= 0.3 is 0 Å². The molecule has 5 heteroatoms. The highest BCUT2D eigenvalue weighted by Gasteiger charge is 2.27. The predicted octanol–water partition coefficient (Wildman–Crippen LogP) is 4.96. The van der Waals surface area contributed by atoms with Crippen molar-refractivity contribution in [2.24, 2.45) is 0 Å². The van der Waals surface area contributed by atoms with Gasteiger partial charge in [-0.15, -0.1) is 0 Å². The van der Waals surface area contributed by atoms with Crippen LogP contribution in [0.5, 0.6) is 0 Å². The van der Waals surface area contributed by atoms with Crippen molar-refractivity contribution in [1.29, 1.82) is 0 Å². The molecular weight excluding hydrogens is 386 g/mol. The molecule has 0 unspecified atom stereocenters. The molecule has 2 aromatic rings. The molecule has 0 bridgehead atoms. The number of benzene rings is 2. The van der Waals surface area contributed by atoms with Crippen LogP contribution >= 0.6 is 15.9 Å². The third-order valence-corrected chi connectivity index (χ3v) is 5.67. The lowest BCUT2D eigenvalue weighted by molar-refractivity contribution is 0.527. The first-order valence-corrected chi connectivity index (χ1v) is 9.81. The maximum absolute atomic E-state index is 13.2. The standard InChI is InChI=1S/C19H20BrNO2S/c1-15(2)14-21(19(13-20)17-7-5-4-6-8-17)24(22,23)18-11-9-16(3)10-12-18/h4-13H,1,14H2,2-3H3/b19-13-. The molecule has 0 aliphatic rings. The molecule has 0 fully saturated rings. The average Bonchev–Trinajstić information content (AvgIpc) is 2.55. The Labute approximate surface area is 152 Å². The van der Waals surface area contributed by atoms with E-state index in [9.17, 15) is 8.42 Å². The monoisotopic (exact) mass is 405 g/mol. The largest absolute Gasteiger partial charge is 0.264 e. The molecule has 0 atom stereocenters. The van der Waals surface area contributed by atoms with Crippen molar-refractivity contribution in [2.45, 2.75) is 18.7 Å². The van der Waals surface area contributed by atoms with Crippen molar-refractivity contribution in [3.8, 4) is 0 Å². The van der Waals surface area contributed by atoms with E-state index in [-0.39, 0.29) is 11.4 Å². The van der Waals surface area contributed by atoms with E-state index >= 15 is 0 Å². The van der Waals surface area contributed by atoms with Gasteiger partial charge in [0, 0.05) is 4.99 Å². The zero-order chi connectivity index (χ0) is 17.7. The van der Waals surface area contributed by atoms with Crippen LogP contribution in [0.1, 0.15) is 18.1 Å². The first-order chi connectivity index (χ1) is 11.4. The molecule has 3 nitrogen and oxygen atoms in total. The quantitative estimate of drug-likeness (QED) is 0.637. The van der Waals surface area contributed by atoms with Crippen LogP contribution in [0.2, 0.25) is 0 Å². The van der Waals surface area contributed by atoms with E-state index < -0.39 is 10.0 Å². The number of halogens is 1. The number of hydrogen-bond acceptors (Lipinski definition) is 2. The first-order valence-electron chi connectivity index (χ1n) is 7.46. The SMILES string of the molecule is C=C(C)CN(/C(=C\Br)c1ccccc1)S(=O)(=O)c1ccc(C)cc1. The summed E-state index contributed by atoms with van der Waals surface area (Å²) in [7, 11) is -3.70. The van der Waals surface area contributed by atoms with Gasteiger partial charge in [-0.2, -0.15) is 0 Å². The molecule has 0 amide bonds. The van der Waals surface area contributed by atoms with E-state index in [2.05, 4.69) is 22.5 Å². The fraction of sp³-hybridized carbons (Fsp3) is 0.158. The van der Waals surface area contributed by atoms with Crippen LogP contribution in [0.25, 0.3) is 5.70 Å². The summed E-state index contributed by atoms with van der Waals surface area (Å²) >= 11 is 3.32. The smallest absolute Gasteiger partial charge is 0.261 e. The molecule has 0 saturated heterocycles. The summed E-state index contributed by atoms with van der Waals surface area (Å²) in [4.78, 5) is 1.90. The van der Waals surface area contributed by atoms with Gasteiger partial charge in [0.1, 0.15) is 0 Å². The molecule has 24 heavy (non-hydrogen) atoms. The van der Waals surface area contributed by atoms with Gasteiger partial charge < -0.3 is 0 Å². The molecule has 0 aliphatic carbocycles. The zero-order valence-electron chi connectivity index (χ0n) is 13.7. The molecule has 2 aromatic carbocycles. The van der Waals surface area contributed by atoms with Crippen molar-refractivity contribution >= 4 is 31.7 Å². The molecule has 0 aliphatic heterocycles. The number of rotatable bonds is 6. The van der Waals surface area contributed by atoms with Crippen LogP contribution in [0.3, 0.4) is 0 Å². The van der Waals surface area contributed by atoms with Gasteiger partial charge in [-0.05, 0) is 31.5 Å². The molecule has 0 heterocycles. The lowest BCUT2D eigenvalue weighted by Gasteiger charge is -2.27. The lowest BCUT2D eigenvalue weighted by atomic mass is 10.2. The molecule has 0 saturated carbocycles. The van der Waals surface area contributed by atoms with E-state index in [4.69, 9.17) is 0 Å². The number of aryl methyl sites for hydroxylation is 1. The minimum atomic E-state index is -3.70. The molecule has 0 N–H and O–H groups in total. The third kappa shape index (κ3) is 4.16. The fourth-order valence-electron chi connectivity index (χ4n) is 2.25. The maximum Gasteiger partial charge on any atom is 0.264 e. The highest BCUT2D eigenvalue weighted by atomic mass is 79.9. The Balaban J connectivity index is 2.55. The third-order valence-electron chi connectivity index (χ3n) is 3.46. The summed E-state index contributed by atoms with van der Waals surface area (Å²) in [5.41, 5.74) is 3.15. The van der Waals surface area contributed by atoms with Crippen LogP contribution in [0.4, 0.5) is 0 Å². The van der Waals surface area contributed by atoms with E-state index in [1.165, 1.54) is 4.31 Å². The minimum absolute atomic E-state index is 0.211. The Bertz CT molecular complexity index is 841. The van der Waals surface area contributed by atoms with Gasteiger partial charge in [0.2, 0.25) is 0 Å². The molecule has 0 aromatic heterocycles. The summed E-state index contributed by atoms with van der Waals surface area (Å²) in [6.07, 6.45) is 0. The number of nitrogens with zero attached hydrogens (tertiary/aromatic N) is 1. The molecule has 0 spiro atoms. The summed E-state index contributed by atoms with van der Waals surface area (Å²) in [5.74, 6) is 0. The lowest BCUT2D eigenvalue weighted by Crippen LogP contribution is -2.31. The summed E-state index contributed by atoms with van der Waals surface area (Å²) in [5, 5.41) is 0. The van der Waals surface area contributed by atoms with Crippen molar-refractivity contribution in [3.63, 3.8) is 0 Å². The molecule has 2 rings (SSSR count). The van der Waals surface area contributed by atoms with Gasteiger partial charge in [0.25, 0.3) is 10.0 Å². The van der Waals surface area contributed by atoms with E-state index in [0.29, 0.717) is 5.70 Å². The molecule has 126 valence electrons. The molecular formula is C19H20BrNO2S. The van der Waals surface area contributed by atoms with Gasteiger partial charge in [0.15, 0.2) is 0 Å². The normalized spacial score (nSPS) is 12.0. The van der Waals surface area contributed by atoms with Crippen LogP contribution in [-0.2, 0) is 10.0 Å². The Morgan fingerprint density at radius 2 is 1.71 bits per heavy atom. The van der Waals surface area contributed by atoms with E-state index in [1.54, 1.807) is 29.3 Å². The summed E-state index contributed by atoms with van der Waals surface area (Å²) < 4.78 is 27.7. The topological polar surface area (TPSA) is 37.4 Å². The predicted molar refractivity (Wildman–Crippen MR) is 103 cm³/mol. The van der Waals surface area contributed by atoms with Crippen LogP contribution in [0.15, 0.2) is 76.6 Å². The van der Waals surface area contributed by atoms with Gasteiger partial charge in [-0.1, -0.05) is 76.1 Å². The van der Waals surface area contributed by atoms with Crippen molar-refractivity contribution < 1.29 is 8.42 Å². The van der Waals surface area contributed by atoms with Gasteiger partial charge in [0.05, 0.1) is 17.1 Å². The Morgan fingerprint density at radius 3 is 2.21 bits per heavy atom. The Hall–Kier alpha value is -1.85. The summed E-state index contributed by atoms with van der Waals surface area (Å²) in [6.45, 7) is 7.83. The second kappa shape index (κ2) is 7.81. The van der Waals surface area contributed by atoms with Crippen LogP contribution in [0, 0.1) is 6.92 Å². The van der Waals surface area contributed by atoms with Crippen molar-refractivity contribution in [1.82, 2.24) is 4.31 Å². The van der Waals surface area contributed by atoms with Gasteiger partial charge in [-0.3, -0.25) is 4.31 Å². The van der Waals surface area contributed by atoms with Crippen molar-refractivity contribution in [3.05, 3.63) is 82.9 Å². The summed E-state index contributed by atoms with van der Waals surface area (Å²) in [6, 6.07) is 16.3. The second-order valence-electron chi connectivity index (χ2n) is 5.64. The van der Waals surface area contributed by atoms with Crippen LogP contribution in [-0.4, -0.2) is 19.3 Å². The van der Waals surface area contributed by atoms with Gasteiger partial charge in [-0.25, -0.2) is 8.42 Å². The number of hydrogen-bond donors (Lipinski definition) is 0.